The van der Waals surface area contributed by atoms with Gasteiger partial charge in [0.1, 0.15) is 11.5 Å². The molecule has 3 rings (SSSR count). The third-order valence-corrected chi connectivity index (χ3v) is 5.91. The molecule has 194 valence electrons. The van der Waals surface area contributed by atoms with Crippen LogP contribution in [-0.2, 0) is 0 Å². The maximum atomic E-state index is 5.90. The van der Waals surface area contributed by atoms with Crippen LogP contribution in [0.5, 0.6) is 23.0 Å². The molecule has 0 saturated carbocycles. The van der Waals surface area contributed by atoms with Gasteiger partial charge in [-0.3, -0.25) is 0 Å². The lowest BCUT2D eigenvalue weighted by molar-refractivity contribution is 0.281. The number of aromatic nitrogens is 2. The quantitative estimate of drug-likeness (QED) is 0.307. The SMILES string of the molecule is CCN(CC)c1nc(-c2ccc(OCCCN(C)C)cc2)cc(-c2cc(OC)c(OC)cc2OC)n1. The Balaban J connectivity index is 2.02. The van der Waals surface area contributed by atoms with Crippen LogP contribution in [0.2, 0.25) is 0 Å². The molecule has 1 heterocycles. The molecule has 0 amide bonds. The van der Waals surface area contributed by atoms with Crippen molar-refractivity contribution in [3.05, 3.63) is 42.5 Å². The molecule has 0 spiro atoms. The zero-order valence-corrected chi connectivity index (χ0v) is 22.5. The molecule has 1 aromatic heterocycles. The summed E-state index contributed by atoms with van der Waals surface area (Å²) in [6.07, 6.45) is 0.977. The van der Waals surface area contributed by atoms with Gasteiger partial charge in [0.15, 0.2) is 11.5 Å². The molecule has 0 saturated heterocycles. The first kappa shape index (κ1) is 27.1. The van der Waals surface area contributed by atoms with Gasteiger partial charge in [-0.2, -0.15) is 0 Å². The highest BCUT2D eigenvalue weighted by Crippen LogP contribution is 2.40. The molecule has 0 N–H and O–H groups in total. The standard InChI is InChI=1S/C28H38N4O4/c1-8-32(9-2)28-29-23(20-11-13-21(14-12-20)36-16-10-15-31(3)4)18-24(30-28)22-17-26(34-6)27(35-7)19-25(22)33-5/h11-14,17-19H,8-10,15-16H2,1-7H3. The first-order chi connectivity index (χ1) is 17.4. The molecule has 0 radical (unpaired) electrons. The number of nitrogens with zero attached hydrogens (tertiary/aromatic N) is 4. The van der Waals surface area contributed by atoms with Gasteiger partial charge in [-0.1, -0.05) is 0 Å². The van der Waals surface area contributed by atoms with Crippen LogP contribution in [0.1, 0.15) is 20.3 Å². The maximum absolute atomic E-state index is 5.90. The molecule has 0 fully saturated rings. The van der Waals surface area contributed by atoms with Crippen molar-refractivity contribution in [2.24, 2.45) is 0 Å². The Morgan fingerprint density at radius 2 is 1.36 bits per heavy atom. The van der Waals surface area contributed by atoms with Crippen molar-refractivity contribution in [3.8, 4) is 45.5 Å². The maximum Gasteiger partial charge on any atom is 0.226 e. The number of hydrogen-bond acceptors (Lipinski definition) is 8. The summed E-state index contributed by atoms with van der Waals surface area (Å²) in [5, 5.41) is 0. The van der Waals surface area contributed by atoms with E-state index in [1.807, 2.05) is 42.5 Å². The molecule has 0 aliphatic heterocycles. The summed E-state index contributed by atoms with van der Waals surface area (Å²) in [5.41, 5.74) is 3.34. The van der Waals surface area contributed by atoms with Crippen molar-refractivity contribution in [2.45, 2.75) is 20.3 Å². The number of benzene rings is 2. The number of rotatable bonds is 13. The Morgan fingerprint density at radius 3 is 1.94 bits per heavy atom. The van der Waals surface area contributed by atoms with Crippen LogP contribution in [0.25, 0.3) is 22.5 Å². The molecule has 0 bridgehead atoms. The van der Waals surface area contributed by atoms with Gasteiger partial charge in [-0.05, 0) is 70.8 Å². The van der Waals surface area contributed by atoms with Crippen LogP contribution in [0.3, 0.4) is 0 Å². The van der Waals surface area contributed by atoms with E-state index in [0.717, 1.165) is 54.3 Å². The zero-order valence-electron chi connectivity index (χ0n) is 22.5. The molecule has 8 heteroatoms. The molecule has 2 aromatic carbocycles. The van der Waals surface area contributed by atoms with E-state index in [2.05, 4.69) is 37.7 Å². The lowest BCUT2D eigenvalue weighted by Crippen LogP contribution is -2.24. The van der Waals surface area contributed by atoms with E-state index >= 15 is 0 Å². The highest BCUT2D eigenvalue weighted by atomic mass is 16.5. The molecule has 0 unspecified atom stereocenters. The van der Waals surface area contributed by atoms with Crippen LogP contribution in [0.4, 0.5) is 5.95 Å². The average Bonchev–Trinajstić information content (AvgIpc) is 2.91. The second-order valence-corrected chi connectivity index (χ2v) is 8.55. The van der Waals surface area contributed by atoms with Crippen LogP contribution in [-0.4, -0.2) is 76.5 Å². The van der Waals surface area contributed by atoms with Gasteiger partial charge in [-0.15, -0.1) is 0 Å². The van der Waals surface area contributed by atoms with Crippen molar-refractivity contribution < 1.29 is 18.9 Å². The minimum absolute atomic E-state index is 0.595. The first-order valence-electron chi connectivity index (χ1n) is 12.3. The molecule has 8 nitrogen and oxygen atoms in total. The third kappa shape index (κ3) is 6.57. The van der Waals surface area contributed by atoms with E-state index in [0.29, 0.717) is 29.8 Å². The molecule has 3 aromatic rings. The van der Waals surface area contributed by atoms with Crippen LogP contribution >= 0.6 is 0 Å². The first-order valence-corrected chi connectivity index (χ1v) is 12.3. The Bertz CT molecular complexity index is 1120. The van der Waals surface area contributed by atoms with Gasteiger partial charge in [0.05, 0.1) is 39.3 Å². The van der Waals surface area contributed by atoms with E-state index in [1.165, 1.54) is 0 Å². The zero-order chi connectivity index (χ0) is 26.1. The van der Waals surface area contributed by atoms with E-state index in [9.17, 15) is 0 Å². The topological polar surface area (TPSA) is 69.2 Å². The summed E-state index contributed by atoms with van der Waals surface area (Å²) in [4.78, 5) is 14.1. The third-order valence-electron chi connectivity index (χ3n) is 5.91. The van der Waals surface area contributed by atoms with Crippen molar-refractivity contribution >= 4 is 5.95 Å². The summed E-state index contributed by atoms with van der Waals surface area (Å²) in [6, 6.07) is 13.7. The molecule has 0 aliphatic carbocycles. The molecule has 0 atom stereocenters. The van der Waals surface area contributed by atoms with E-state index in [-0.39, 0.29) is 0 Å². The monoisotopic (exact) mass is 494 g/mol. The summed E-state index contributed by atoms with van der Waals surface area (Å²) in [7, 11) is 8.98. The molecular formula is C28H38N4O4. The predicted molar refractivity (Wildman–Crippen MR) is 145 cm³/mol. The number of ether oxygens (including phenoxy) is 4. The van der Waals surface area contributed by atoms with Crippen molar-refractivity contribution in [3.63, 3.8) is 0 Å². The Morgan fingerprint density at radius 1 is 0.750 bits per heavy atom. The van der Waals surface area contributed by atoms with E-state index in [4.69, 9.17) is 28.9 Å². The molecular weight excluding hydrogens is 456 g/mol. The summed E-state index contributed by atoms with van der Waals surface area (Å²) >= 11 is 0. The number of methoxy groups -OCH3 is 3. The Kier molecular flexibility index (Phi) is 9.76. The van der Waals surface area contributed by atoms with Gasteiger partial charge < -0.3 is 28.7 Å². The normalized spacial score (nSPS) is 10.9. The Labute approximate surface area is 214 Å². The fourth-order valence-electron chi connectivity index (χ4n) is 3.89. The highest BCUT2D eigenvalue weighted by molar-refractivity contribution is 5.76. The fourth-order valence-corrected chi connectivity index (χ4v) is 3.89. The summed E-state index contributed by atoms with van der Waals surface area (Å²) in [6.45, 7) is 7.46. The lowest BCUT2D eigenvalue weighted by atomic mass is 10.1. The largest absolute Gasteiger partial charge is 0.496 e. The minimum Gasteiger partial charge on any atom is -0.496 e. The minimum atomic E-state index is 0.595. The van der Waals surface area contributed by atoms with Crippen LogP contribution < -0.4 is 23.8 Å². The van der Waals surface area contributed by atoms with Gasteiger partial charge in [0.25, 0.3) is 0 Å². The van der Waals surface area contributed by atoms with Crippen molar-refractivity contribution in [1.29, 1.82) is 0 Å². The predicted octanol–water partition coefficient (Wildman–Crippen LogP) is 5.01. The van der Waals surface area contributed by atoms with Gasteiger partial charge in [0.2, 0.25) is 5.95 Å². The lowest BCUT2D eigenvalue weighted by Gasteiger charge is -2.21. The van der Waals surface area contributed by atoms with E-state index in [1.54, 1.807) is 21.3 Å². The van der Waals surface area contributed by atoms with Crippen molar-refractivity contribution in [2.75, 3.05) is 66.6 Å². The fraction of sp³-hybridized carbons (Fsp3) is 0.429. The second kappa shape index (κ2) is 13.0. The average molecular weight is 495 g/mol. The summed E-state index contributed by atoms with van der Waals surface area (Å²) in [5.74, 6) is 3.35. The van der Waals surface area contributed by atoms with Crippen LogP contribution in [0, 0.1) is 0 Å². The van der Waals surface area contributed by atoms with Crippen molar-refractivity contribution in [1.82, 2.24) is 14.9 Å². The van der Waals surface area contributed by atoms with Crippen LogP contribution in [0.15, 0.2) is 42.5 Å². The molecule has 36 heavy (non-hydrogen) atoms. The highest BCUT2D eigenvalue weighted by Gasteiger charge is 2.18. The number of anilines is 1. The van der Waals surface area contributed by atoms with Gasteiger partial charge in [-0.25, -0.2) is 9.97 Å². The number of hydrogen-bond donors (Lipinski definition) is 0. The second-order valence-electron chi connectivity index (χ2n) is 8.55. The smallest absolute Gasteiger partial charge is 0.226 e. The Hall–Kier alpha value is -3.52. The molecule has 0 aliphatic rings. The summed E-state index contributed by atoms with van der Waals surface area (Å²) < 4.78 is 22.6. The van der Waals surface area contributed by atoms with E-state index < -0.39 is 0 Å². The van der Waals surface area contributed by atoms with Gasteiger partial charge >= 0.3 is 0 Å². The van der Waals surface area contributed by atoms with Gasteiger partial charge in [0, 0.05) is 36.8 Å².